The summed E-state index contributed by atoms with van der Waals surface area (Å²) in [6.45, 7) is 7.98. The first-order chi connectivity index (χ1) is 15.1. The second kappa shape index (κ2) is 10.1. The minimum absolute atomic E-state index is 0.175. The molecule has 2 heterocycles. The minimum atomic E-state index is -1.01. The van der Waals surface area contributed by atoms with E-state index in [2.05, 4.69) is 17.3 Å². The summed E-state index contributed by atoms with van der Waals surface area (Å²) >= 11 is 0. The number of ether oxygens (including phenoxy) is 1. The Morgan fingerprint density at radius 1 is 1.28 bits per heavy atom. The second-order valence-electron chi connectivity index (χ2n) is 9.96. The zero-order chi connectivity index (χ0) is 23.4. The summed E-state index contributed by atoms with van der Waals surface area (Å²) in [5, 5.41) is 17.3. The molecule has 1 fully saturated rings. The Hall–Kier alpha value is -2.35. The third-order valence-electron chi connectivity index (χ3n) is 6.27. The van der Waals surface area contributed by atoms with Crippen LogP contribution in [0.2, 0.25) is 0 Å². The number of hydrogen-bond donors (Lipinski definition) is 2. The largest absolute Gasteiger partial charge is 0.493 e. The molecule has 178 valence electrons. The number of nitrogens with one attached hydrogen (secondary N) is 1. The van der Waals surface area contributed by atoms with Gasteiger partial charge >= 0.3 is 0 Å². The summed E-state index contributed by atoms with van der Waals surface area (Å²) in [6.07, 6.45) is 11.2. The predicted molar refractivity (Wildman–Crippen MR) is 123 cm³/mol. The third-order valence-corrected chi connectivity index (χ3v) is 6.27. The van der Waals surface area contributed by atoms with Crippen molar-refractivity contribution in [3.05, 3.63) is 24.1 Å². The molecule has 0 aromatic carbocycles. The summed E-state index contributed by atoms with van der Waals surface area (Å²) < 4.78 is 7.67. The molecule has 0 saturated heterocycles. The van der Waals surface area contributed by atoms with Gasteiger partial charge in [0.1, 0.15) is 11.3 Å². The van der Waals surface area contributed by atoms with Crippen LogP contribution in [0.1, 0.15) is 79.1 Å². The monoisotopic (exact) mass is 446 g/mol. The molecule has 0 radical (unpaired) electrons. The molecule has 1 aliphatic heterocycles. The second-order valence-corrected chi connectivity index (χ2v) is 9.96. The van der Waals surface area contributed by atoms with Crippen LogP contribution >= 0.6 is 0 Å². The van der Waals surface area contributed by atoms with Gasteiger partial charge in [-0.2, -0.15) is 5.10 Å². The van der Waals surface area contributed by atoms with Gasteiger partial charge in [0.05, 0.1) is 24.8 Å². The van der Waals surface area contributed by atoms with E-state index in [-0.39, 0.29) is 17.9 Å². The number of carbonyl (C=O) groups excluding carboxylic acids is 2. The molecule has 2 aliphatic rings. The van der Waals surface area contributed by atoms with Gasteiger partial charge < -0.3 is 20.1 Å². The van der Waals surface area contributed by atoms with Gasteiger partial charge in [0.15, 0.2) is 5.82 Å². The maximum atomic E-state index is 13.4. The number of nitrogens with zero attached hydrogens (tertiary/aromatic N) is 3. The minimum Gasteiger partial charge on any atom is -0.493 e. The first-order valence-electron chi connectivity index (χ1n) is 11.9. The zero-order valence-corrected chi connectivity index (χ0v) is 19.9. The van der Waals surface area contributed by atoms with Crippen molar-refractivity contribution < 1.29 is 19.4 Å². The summed E-state index contributed by atoms with van der Waals surface area (Å²) in [5.41, 5.74) is -1.92. The average Bonchev–Trinajstić information content (AvgIpc) is 3.43. The summed E-state index contributed by atoms with van der Waals surface area (Å²) in [7, 11) is 0. The maximum Gasteiger partial charge on any atom is 0.251 e. The van der Waals surface area contributed by atoms with Crippen LogP contribution in [0.15, 0.2) is 24.1 Å². The van der Waals surface area contributed by atoms with Crippen molar-refractivity contribution in [1.82, 2.24) is 14.7 Å². The van der Waals surface area contributed by atoms with Gasteiger partial charge in [-0.3, -0.25) is 14.3 Å². The van der Waals surface area contributed by atoms with Crippen LogP contribution in [-0.4, -0.2) is 55.4 Å². The van der Waals surface area contributed by atoms with Crippen LogP contribution in [-0.2, 0) is 20.9 Å². The average molecular weight is 447 g/mol. The van der Waals surface area contributed by atoms with E-state index in [9.17, 15) is 14.7 Å². The van der Waals surface area contributed by atoms with E-state index in [1.54, 1.807) is 41.8 Å². The smallest absolute Gasteiger partial charge is 0.251 e. The van der Waals surface area contributed by atoms with Crippen molar-refractivity contribution in [1.29, 1.82) is 0 Å². The quantitative estimate of drug-likeness (QED) is 0.506. The Kier molecular flexibility index (Phi) is 7.64. The standard InChI is InChI=1S/C24H38N4O4/c1-5-6-9-13-24(4,22(30)25-20-12-14-27(26-20)17-23(2,3)31)28-16-19(15-21(28)29)32-18-10-7-8-11-18/h12,14-15,18,31H,5-11,13,16-17H2,1-4H3,(H,25,26,30). The Labute approximate surface area is 191 Å². The highest BCUT2D eigenvalue weighted by molar-refractivity contribution is 6.02. The fourth-order valence-electron chi connectivity index (χ4n) is 4.46. The van der Waals surface area contributed by atoms with E-state index in [1.165, 1.54) is 0 Å². The molecular formula is C24H38N4O4. The van der Waals surface area contributed by atoms with Crippen molar-refractivity contribution >= 4 is 17.6 Å². The van der Waals surface area contributed by atoms with Crippen molar-refractivity contribution in [2.45, 2.75) is 103 Å². The molecule has 1 saturated carbocycles. The van der Waals surface area contributed by atoms with Gasteiger partial charge in [-0.15, -0.1) is 0 Å². The molecule has 0 bridgehead atoms. The topological polar surface area (TPSA) is 96.7 Å². The predicted octanol–water partition coefficient (Wildman–Crippen LogP) is 3.62. The molecule has 1 unspecified atom stereocenters. The van der Waals surface area contributed by atoms with E-state index in [4.69, 9.17) is 4.74 Å². The summed E-state index contributed by atoms with van der Waals surface area (Å²) in [5.74, 6) is 0.625. The van der Waals surface area contributed by atoms with Crippen LogP contribution in [0.5, 0.6) is 0 Å². The molecule has 1 aliphatic carbocycles. The van der Waals surface area contributed by atoms with Gasteiger partial charge in [-0.05, 0) is 52.9 Å². The molecule has 8 nitrogen and oxygen atoms in total. The number of rotatable bonds is 11. The molecule has 1 aromatic heterocycles. The molecule has 8 heteroatoms. The lowest BCUT2D eigenvalue weighted by Crippen LogP contribution is -2.56. The van der Waals surface area contributed by atoms with E-state index >= 15 is 0 Å². The number of aromatic nitrogens is 2. The number of anilines is 1. The van der Waals surface area contributed by atoms with E-state index < -0.39 is 11.1 Å². The molecule has 2 amide bonds. The fourth-order valence-corrected chi connectivity index (χ4v) is 4.46. The van der Waals surface area contributed by atoms with Gasteiger partial charge in [-0.25, -0.2) is 0 Å². The van der Waals surface area contributed by atoms with Crippen molar-refractivity contribution in [3.8, 4) is 0 Å². The van der Waals surface area contributed by atoms with Gasteiger partial charge in [-0.1, -0.05) is 26.2 Å². The number of amides is 2. The SMILES string of the molecule is CCCCCC(C)(C(=O)Nc1ccn(CC(C)(C)O)n1)N1CC(OC2CCCC2)=CC1=O. The Balaban J connectivity index is 1.71. The first-order valence-corrected chi connectivity index (χ1v) is 11.9. The highest BCUT2D eigenvalue weighted by Crippen LogP contribution is 2.31. The Morgan fingerprint density at radius 3 is 2.66 bits per heavy atom. The number of aliphatic hydroxyl groups is 1. The lowest BCUT2D eigenvalue weighted by Gasteiger charge is -2.37. The molecular weight excluding hydrogens is 408 g/mol. The zero-order valence-electron chi connectivity index (χ0n) is 19.9. The van der Waals surface area contributed by atoms with Crippen LogP contribution < -0.4 is 5.32 Å². The van der Waals surface area contributed by atoms with Crippen LogP contribution in [0.4, 0.5) is 5.82 Å². The molecule has 32 heavy (non-hydrogen) atoms. The van der Waals surface area contributed by atoms with Gasteiger partial charge in [0.25, 0.3) is 11.8 Å². The number of unbranched alkanes of at least 4 members (excludes halogenated alkanes) is 2. The molecule has 0 spiro atoms. The highest BCUT2D eigenvalue weighted by atomic mass is 16.5. The van der Waals surface area contributed by atoms with Crippen molar-refractivity contribution in [2.75, 3.05) is 11.9 Å². The summed E-state index contributed by atoms with van der Waals surface area (Å²) in [6, 6.07) is 1.70. The fraction of sp³-hybridized carbons (Fsp3) is 0.708. The third kappa shape index (κ3) is 6.12. The number of hydrogen-bond acceptors (Lipinski definition) is 5. The highest BCUT2D eigenvalue weighted by Gasteiger charge is 2.44. The number of carbonyl (C=O) groups is 2. The maximum absolute atomic E-state index is 13.4. The van der Waals surface area contributed by atoms with E-state index in [0.29, 0.717) is 31.1 Å². The Morgan fingerprint density at radius 2 is 2.00 bits per heavy atom. The van der Waals surface area contributed by atoms with Crippen LogP contribution in [0, 0.1) is 0 Å². The lowest BCUT2D eigenvalue weighted by atomic mass is 9.91. The van der Waals surface area contributed by atoms with Crippen LogP contribution in [0.25, 0.3) is 0 Å². The normalized spacial score (nSPS) is 19.2. The molecule has 2 N–H and O–H groups in total. The lowest BCUT2D eigenvalue weighted by molar-refractivity contribution is -0.140. The molecule has 3 rings (SSSR count). The van der Waals surface area contributed by atoms with Gasteiger partial charge in [0, 0.05) is 18.3 Å². The van der Waals surface area contributed by atoms with E-state index in [1.807, 2.05) is 6.92 Å². The van der Waals surface area contributed by atoms with Crippen LogP contribution in [0.3, 0.4) is 0 Å². The summed E-state index contributed by atoms with van der Waals surface area (Å²) in [4.78, 5) is 28.0. The molecule has 1 aromatic rings. The Bertz CT molecular complexity index is 835. The van der Waals surface area contributed by atoms with E-state index in [0.717, 1.165) is 44.9 Å². The van der Waals surface area contributed by atoms with Crippen molar-refractivity contribution in [3.63, 3.8) is 0 Å². The molecule has 1 atom stereocenters. The van der Waals surface area contributed by atoms with Gasteiger partial charge in [0.2, 0.25) is 0 Å². The van der Waals surface area contributed by atoms with Crippen molar-refractivity contribution in [2.24, 2.45) is 0 Å². The first kappa shape index (κ1) is 24.3.